The lowest BCUT2D eigenvalue weighted by Gasteiger charge is -2.14. The van der Waals surface area contributed by atoms with Crippen molar-refractivity contribution in [3.63, 3.8) is 0 Å². The van der Waals surface area contributed by atoms with E-state index in [4.69, 9.17) is 0 Å². The zero-order chi connectivity index (χ0) is 25.0. The lowest BCUT2D eigenvalue weighted by Crippen LogP contribution is -2.12. The van der Waals surface area contributed by atoms with Gasteiger partial charge in [0.1, 0.15) is 34.6 Å². The van der Waals surface area contributed by atoms with E-state index in [1.165, 1.54) is 0 Å². The molecule has 0 atom stereocenters. The maximum Gasteiger partial charge on any atom is 0.422 e. The van der Waals surface area contributed by atoms with Crippen molar-refractivity contribution in [3.05, 3.63) is 88.0 Å². The van der Waals surface area contributed by atoms with Crippen LogP contribution in [-0.4, -0.2) is 5.11 Å². The Balaban J connectivity index is 1.86. The molecule has 0 saturated carbocycles. The van der Waals surface area contributed by atoms with Crippen molar-refractivity contribution in [2.45, 2.75) is 51.6 Å². The largest absolute Gasteiger partial charge is 0.507 e. The summed E-state index contributed by atoms with van der Waals surface area (Å²) in [5.74, 6) is -6.31. The van der Waals surface area contributed by atoms with Crippen molar-refractivity contribution in [1.29, 1.82) is 0 Å². The zero-order valence-corrected chi connectivity index (χ0v) is 18.4. The average molecular weight is 484 g/mol. The number of alkyl halides is 3. The minimum Gasteiger partial charge on any atom is -0.507 e. The molecule has 3 aromatic rings. The van der Waals surface area contributed by atoms with E-state index in [2.05, 4.69) is 6.92 Å². The second kappa shape index (κ2) is 10.5. The number of phenols is 1. The first kappa shape index (κ1) is 25.6. The molecule has 0 spiro atoms. The van der Waals surface area contributed by atoms with E-state index in [1.807, 2.05) is 0 Å². The molecule has 1 nitrogen and oxygen atoms in total. The monoisotopic (exact) mass is 484 g/mol. The van der Waals surface area contributed by atoms with Gasteiger partial charge in [-0.1, -0.05) is 44.0 Å². The number of phenolic OH excluding ortho intramolecular Hbond substituents is 1. The molecule has 0 fully saturated rings. The molecule has 0 bridgehead atoms. The Morgan fingerprint density at radius 2 is 1.35 bits per heavy atom. The first-order valence-corrected chi connectivity index (χ1v) is 10.9. The third kappa shape index (κ3) is 5.72. The molecule has 0 radical (unpaired) electrons. The Labute approximate surface area is 192 Å². The Morgan fingerprint density at radius 1 is 0.735 bits per heavy atom. The van der Waals surface area contributed by atoms with Gasteiger partial charge in [0.25, 0.3) is 0 Å². The number of aromatic hydroxyl groups is 1. The molecule has 0 unspecified atom stereocenters. The van der Waals surface area contributed by atoms with Crippen molar-refractivity contribution in [3.8, 4) is 16.9 Å². The highest BCUT2D eigenvalue weighted by molar-refractivity contribution is 5.72. The second-order valence-electron chi connectivity index (χ2n) is 8.13. The summed E-state index contributed by atoms with van der Waals surface area (Å²) >= 11 is 0. The van der Waals surface area contributed by atoms with Gasteiger partial charge in [-0.15, -0.1) is 0 Å². The molecule has 3 aromatic carbocycles. The number of rotatable bonds is 8. The first-order chi connectivity index (χ1) is 16.0. The summed E-state index contributed by atoms with van der Waals surface area (Å²) in [6.07, 6.45) is -1.92. The molecule has 182 valence electrons. The molecule has 0 aliphatic rings. The fourth-order valence-corrected chi connectivity index (χ4v) is 3.88. The molecule has 0 saturated heterocycles. The number of aryl methyl sites for hydroxylation is 2. The van der Waals surface area contributed by atoms with E-state index >= 15 is 4.39 Å². The van der Waals surface area contributed by atoms with Crippen molar-refractivity contribution < 1.29 is 35.8 Å². The Morgan fingerprint density at radius 3 is 1.91 bits per heavy atom. The predicted molar refractivity (Wildman–Crippen MR) is 115 cm³/mol. The summed E-state index contributed by atoms with van der Waals surface area (Å²) in [5, 5.41) is 10.2. The van der Waals surface area contributed by atoms with E-state index in [-0.39, 0.29) is 24.0 Å². The SMILES string of the molecule is CCCCCc1ccc(-c2c(O)cc(F)c(CCc3cc(F)c(C(F)(F)F)c(F)c3)c2F)cc1. The number of hydrogen-bond acceptors (Lipinski definition) is 1. The van der Waals surface area contributed by atoms with Crippen molar-refractivity contribution in [2.24, 2.45) is 0 Å². The van der Waals surface area contributed by atoms with Crippen LogP contribution in [0.4, 0.5) is 30.7 Å². The van der Waals surface area contributed by atoms with Crippen LogP contribution in [0.5, 0.6) is 5.75 Å². The molecule has 0 amide bonds. The fourth-order valence-electron chi connectivity index (χ4n) is 3.88. The molecule has 8 heteroatoms. The third-order valence-corrected chi connectivity index (χ3v) is 5.65. The van der Waals surface area contributed by atoms with Crippen LogP contribution in [0.1, 0.15) is 48.4 Å². The number of benzene rings is 3. The van der Waals surface area contributed by atoms with E-state index in [0.717, 1.165) is 37.3 Å². The van der Waals surface area contributed by atoms with Crippen LogP contribution < -0.4 is 0 Å². The van der Waals surface area contributed by atoms with Gasteiger partial charge >= 0.3 is 6.18 Å². The van der Waals surface area contributed by atoms with Crippen LogP contribution in [0, 0.1) is 23.3 Å². The number of halogens is 7. The van der Waals surface area contributed by atoms with Gasteiger partial charge in [-0.3, -0.25) is 0 Å². The highest BCUT2D eigenvalue weighted by atomic mass is 19.4. The highest BCUT2D eigenvalue weighted by Gasteiger charge is 2.37. The summed E-state index contributed by atoms with van der Waals surface area (Å²) in [6.45, 7) is 2.09. The molecule has 1 N–H and O–H groups in total. The highest BCUT2D eigenvalue weighted by Crippen LogP contribution is 2.37. The number of hydrogen-bond donors (Lipinski definition) is 1. The van der Waals surface area contributed by atoms with Crippen LogP contribution >= 0.6 is 0 Å². The predicted octanol–water partition coefficient (Wildman–Crippen LogP) is 8.15. The molecular weight excluding hydrogens is 461 g/mol. The fraction of sp³-hybridized carbons (Fsp3) is 0.308. The summed E-state index contributed by atoms with van der Waals surface area (Å²) in [4.78, 5) is 0. The molecular formula is C26H23F7O. The smallest absolute Gasteiger partial charge is 0.422 e. The van der Waals surface area contributed by atoms with E-state index in [0.29, 0.717) is 17.7 Å². The van der Waals surface area contributed by atoms with Crippen LogP contribution in [0.2, 0.25) is 0 Å². The Kier molecular flexibility index (Phi) is 7.89. The van der Waals surface area contributed by atoms with Gasteiger partial charge in [-0.25, -0.2) is 17.6 Å². The zero-order valence-electron chi connectivity index (χ0n) is 18.4. The minimum absolute atomic E-state index is 0.187. The second-order valence-corrected chi connectivity index (χ2v) is 8.13. The van der Waals surface area contributed by atoms with Gasteiger partial charge in [0.15, 0.2) is 0 Å². The van der Waals surface area contributed by atoms with Crippen LogP contribution in [0.3, 0.4) is 0 Å². The lowest BCUT2D eigenvalue weighted by molar-refractivity contribution is -0.142. The summed E-state index contributed by atoms with van der Waals surface area (Å²) in [5.41, 5.74) is -1.51. The van der Waals surface area contributed by atoms with Gasteiger partial charge in [-0.2, -0.15) is 13.2 Å². The first-order valence-electron chi connectivity index (χ1n) is 10.9. The van der Waals surface area contributed by atoms with Gasteiger partial charge in [0, 0.05) is 11.6 Å². The number of unbranched alkanes of at least 4 members (excludes halogenated alkanes) is 2. The molecule has 3 rings (SSSR count). The van der Waals surface area contributed by atoms with E-state index in [1.54, 1.807) is 24.3 Å². The maximum atomic E-state index is 15.2. The van der Waals surface area contributed by atoms with Crippen molar-refractivity contribution in [1.82, 2.24) is 0 Å². The summed E-state index contributed by atoms with van der Waals surface area (Å²) in [7, 11) is 0. The van der Waals surface area contributed by atoms with Crippen LogP contribution in [0.15, 0.2) is 42.5 Å². The normalized spacial score (nSPS) is 11.8. The maximum absolute atomic E-state index is 15.2. The Bertz CT molecular complexity index is 1130. The summed E-state index contributed by atoms with van der Waals surface area (Å²) in [6, 6.07) is 8.56. The molecule has 0 heterocycles. The van der Waals surface area contributed by atoms with Crippen molar-refractivity contribution in [2.75, 3.05) is 0 Å². The lowest BCUT2D eigenvalue weighted by atomic mass is 9.95. The van der Waals surface area contributed by atoms with Gasteiger partial charge in [0.05, 0.1) is 5.56 Å². The third-order valence-electron chi connectivity index (χ3n) is 5.65. The summed E-state index contributed by atoms with van der Waals surface area (Å²) < 4.78 is 95.5. The molecule has 0 aliphatic heterocycles. The standard InChI is InChI=1S/C26H23F7O/c1-2-3-4-5-15-6-9-17(10-7-15)23-22(34)14-19(27)18(25(23)30)11-8-16-12-20(28)24(21(29)13-16)26(31,32)33/h6-7,9-10,12-14,34H,2-5,8,11H2,1H3. The van der Waals surface area contributed by atoms with Gasteiger partial charge in [-0.05, 0) is 54.5 Å². The van der Waals surface area contributed by atoms with E-state index in [9.17, 15) is 31.4 Å². The van der Waals surface area contributed by atoms with Crippen LogP contribution in [0.25, 0.3) is 11.1 Å². The van der Waals surface area contributed by atoms with Gasteiger partial charge in [0.2, 0.25) is 0 Å². The van der Waals surface area contributed by atoms with Gasteiger partial charge < -0.3 is 5.11 Å². The average Bonchev–Trinajstić information content (AvgIpc) is 2.73. The van der Waals surface area contributed by atoms with E-state index < -0.39 is 46.3 Å². The quantitative estimate of drug-likeness (QED) is 0.253. The molecule has 0 aromatic heterocycles. The molecule has 0 aliphatic carbocycles. The Hall–Kier alpha value is -3.03. The van der Waals surface area contributed by atoms with Crippen molar-refractivity contribution >= 4 is 0 Å². The van der Waals surface area contributed by atoms with Crippen LogP contribution in [-0.2, 0) is 25.4 Å². The topological polar surface area (TPSA) is 20.2 Å². The minimum atomic E-state index is -5.21. The molecule has 34 heavy (non-hydrogen) atoms.